The van der Waals surface area contributed by atoms with Gasteiger partial charge in [0.1, 0.15) is 0 Å². The van der Waals surface area contributed by atoms with E-state index in [0.29, 0.717) is 18.8 Å². The van der Waals surface area contributed by atoms with Crippen LogP contribution in [0.3, 0.4) is 0 Å². The van der Waals surface area contributed by atoms with Crippen LogP contribution >= 0.6 is 37.2 Å². The number of halogens is 3. The topological polar surface area (TPSA) is 61.6 Å². The fourth-order valence-electron chi connectivity index (χ4n) is 3.18. The highest BCUT2D eigenvalue weighted by molar-refractivity contribution is 5.86. The molecule has 1 aromatic carbocycles. The van der Waals surface area contributed by atoms with Crippen molar-refractivity contribution in [1.82, 2.24) is 15.1 Å². The minimum Gasteiger partial charge on any atom is -0.399 e. The van der Waals surface area contributed by atoms with E-state index in [0.717, 1.165) is 57.1 Å². The number of piperazine rings is 1. The summed E-state index contributed by atoms with van der Waals surface area (Å²) in [5.74, 6) is 0.588. The number of likely N-dealkylation sites (N-methyl/N-ethyl adjacent to an activating group) is 1. The number of hydrogen-bond donors (Lipinski definition) is 2. The molecule has 1 saturated heterocycles. The number of benzene rings is 1. The monoisotopic (exact) mass is 440 g/mol. The van der Waals surface area contributed by atoms with E-state index < -0.39 is 0 Å². The lowest BCUT2D eigenvalue weighted by atomic mass is 10.1. The van der Waals surface area contributed by atoms with Crippen LogP contribution in [0.5, 0.6) is 0 Å². The van der Waals surface area contributed by atoms with Gasteiger partial charge in [-0.25, -0.2) is 0 Å². The van der Waals surface area contributed by atoms with E-state index in [4.69, 9.17) is 5.73 Å². The Balaban J connectivity index is 0. The van der Waals surface area contributed by atoms with Gasteiger partial charge in [-0.15, -0.1) is 37.2 Å². The van der Waals surface area contributed by atoms with Crippen LogP contribution in [0, 0.1) is 5.92 Å². The summed E-state index contributed by atoms with van der Waals surface area (Å²) in [6, 6.07) is 7.75. The van der Waals surface area contributed by atoms with Gasteiger partial charge in [-0.05, 0) is 30.5 Å². The molecule has 158 valence electrons. The molecule has 27 heavy (non-hydrogen) atoms. The molecule has 0 bridgehead atoms. The van der Waals surface area contributed by atoms with Crippen molar-refractivity contribution in [2.45, 2.75) is 26.7 Å². The quantitative estimate of drug-likeness (QED) is 0.609. The lowest BCUT2D eigenvalue weighted by molar-refractivity contribution is -0.121. The van der Waals surface area contributed by atoms with Crippen molar-refractivity contribution >= 4 is 48.8 Å². The molecule has 8 heteroatoms. The van der Waals surface area contributed by atoms with Gasteiger partial charge < -0.3 is 20.9 Å². The van der Waals surface area contributed by atoms with E-state index in [1.807, 2.05) is 24.3 Å². The Morgan fingerprint density at radius 2 is 1.70 bits per heavy atom. The Morgan fingerprint density at radius 1 is 1.11 bits per heavy atom. The first-order valence-corrected chi connectivity index (χ1v) is 9.13. The molecule has 0 spiro atoms. The number of rotatable bonds is 8. The number of hydrogen-bond acceptors (Lipinski definition) is 4. The third-order valence-electron chi connectivity index (χ3n) is 4.81. The highest BCUT2D eigenvalue weighted by atomic mass is 35.5. The van der Waals surface area contributed by atoms with Crippen molar-refractivity contribution in [3.8, 4) is 0 Å². The second kappa shape index (κ2) is 15.2. The summed E-state index contributed by atoms with van der Waals surface area (Å²) in [6.45, 7) is 12.0. The van der Waals surface area contributed by atoms with Crippen LogP contribution in [0.2, 0.25) is 0 Å². The molecule has 0 saturated carbocycles. The van der Waals surface area contributed by atoms with Gasteiger partial charge in [0.2, 0.25) is 5.91 Å². The highest BCUT2D eigenvalue weighted by Gasteiger charge is 2.17. The Labute approximate surface area is 182 Å². The molecule has 3 N–H and O–H groups in total. The molecule has 1 aromatic rings. The molecule has 1 atom stereocenters. The van der Waals surface area contributed by atoms with Gasteiger partial charge in [-0.2, -0.15) is 0 Å². The first-order valence-electron chi connectivity index (χ1n) is 9.13. The van der Waals surface area contributed by atoms with Crippen LogP contribution in [-0.4, -0.2) is 61.5 Å². The summed E-state index contributed by atoms with van der Waals surface area (Å²) in [5, 5.41) is 3.06. The van der Waals surface area contributed by atoms with Gasteiger partial charge in [-0.1, -0.05) is 32.0 Å². The molecule has 1 aliphatic heterocycles. The number of carbonyl (C=O) groups excluding carboxylic acids is 1. The molecule has 0 aliphatic carbocycles. The Bertz CT molecular complexity index is 525. The smallest absolute Gasteiger partial charge is 0.220 e. The zero-order chi connectivity index (χ0) is 17.4. The zero-order valence-corrected chi connectivity index (χ0v) is 18.8. The maximum absolute atomic E-state index is 12.0. The summed E-state index contributed by atoms with van der Waals surface area (Å²) in [7, 11) is 0. The van der Waals surface area contributed by atoms with E-state index in [1.165, 1.54) is 0 Å². The second-order valence-electron chi connectivity index (χ2n) is 6.84. The standard InChI is InChI=1S/C19H32N4O.3ClH/c1-3-22-10-12-23(13-11-22)15-16(2)14-21-19(24)9-8-17-6-4-5-7-18(17)20;;;/h4-7,16H,3,8-15,20H2,1-2H3,(H,21,24);3*1H. The third-order valence-corrected chi connectivity index (χ3v) is 4.81. The van der Waals surface area contributed by atoms with E-state index in [-0.39, 0.29) is 43.1 Å². The van der Waals surface area contributed by atoms with Crippen LogP contribution in [0.1, 0.15) is 25.8 Å². The van der Waals surface area contributed by atoms with Gasteiger partial charge in [-0.3, -0.25) is 4.79 Å². The molecule has 1 aliphatic rings. The maximum atomic E-state index is 12.0. The summed E-state index contributed by atoms with van der Waals surface area (Å²) in [4.78, 5) is 17.0. The zero-order valence-electron chi connectivity index (χ0n) is 16.4. The largest absolute Gasteiger partial charge is 0.399 e. The van der Waals surface area contributed by atoms with Crippen LogP contribution in [0.15, 0.2) is 24.3 Å². The lowest BCUT2D eigenvalue weighted by Crippen LogP contribution is -2.48. The van der Waals surface area contributed by atoms with Crippen LogP contribution < -0.4 is 11.1 Å². The SMILES string of the molecule is CCN1CCN(CC(C)CNC(=O)CCc2ccccc2N)CC1.Cl.Cl.Cl. The lowest BCUT2D eigenvalue weighted by Gasteiger charge is -2.35. The molecule has 1 heterocycles. The predicted molar refractivity (Wildman–Crippen MR) is 122 cm³/mol. The number of aryl methyl sites for hydroxylation is 1. The normalized spacial score (nSPS) is 15.6. The van der Waals surface area contributed by atoms with Crippen molar-refractivity contribution in [3.63, 3.8) is 0 Å². The molecule has 1 fully saturated rings. The molecule has 2 rings (SSSR count). The molecule has 1 unspecified atom stereocenters. The van der Waals surface area contributed by atoms with Crippen LogP contribution in [0.25, 0.3) is 0 Å². The summed E-state index contributed by atoms with van der Waals surface area (Å²) < 4.78 is 0. The first kappa shape index (κ1) is 28.5. The number of nitrogens with one attached hydrogen (secondary N) is 1. The van der Waals surface area contributed by atoms with Gasteiger partial charge in [0.05, 0.1) is 0 Å². The van der Waals surface area contributed by atoms with Crippen molar-refractivity contribution in [2.75, 3.05) is 51.5 Å². The van der Waals surface area contributed by atoms with Gasteiger partial charge in [0.25, 0.3) is 0 Å². The molecular weight excluding hydrogens is 407 g/mol. The van der Waals surface area contributed by atoms with Crippen LogP contribution in [-0.2, 0) is 11.2 Å². The van der Waals surface area contributed by atoms with Gasteiger partial charge in [0.15, 0.2) is 0 Å². The van der Waals surface area contributed by atoms with Crippen LogP contribution in [0.4, 0.5) is 5.69 Å². The number of nitrogens with zero attached hydrogens (tertiary/aromatic N) is 2. The number of nitrogen functional groups attached to an aromatic ring is 1. The average molecular weight is 442 g/mol. The van der Waals surface area contributed by atoms with E-state index in [2.05, 4.69) is 29.0 Å². The minimum absolute atomic E-state index is 0. The summed E-state index contributed by atoms with van der Waals surface area (Å²) >= 11 is 0. The van der Waals surface area contributed by atoms with Crippen molar-refractivity contribution < 1.29 is 4.79 Å². The maximum Gasteiger partial charge on any atom is 0.220 e. The minimum atomic E-state index is 0. The number of carbonyl (C=O) groups is 1. The molecular formula is C19H35Cl3N4O. The fourth-order valence-corrected chi connectivity index (χ4v) is 3.18. The second-order valence-corrected chi connectivity index (χ2v) is 6.84. The predicted octanol–water partition coefficient (Wildman–Crippen LogP) is 2.86. The number of para-hydroxylation sites is 1. The summed E-state index contributed by atoms with van der Waals surface area (Å²) in [5.41, 5.74) is 7.73. The Morgan fingerprint density at radius 3 is 2.30 bits per heavy atom. The van der Waals surface area contributed by atoms with Crippen molar-refractivity contribution in [2.24, 2.45) is 5.92 Å². The number of nitrogens with two attached hydrogens (primary N) is 1. The molecule has 0 radical (unpaired) electrons. The molecule has 1 amide bonds. The number of anilines is 1. The van der Waals surface area contributed by atoms with Crippen molar-refractivity contribution in [1.29, 1.82) is 0 Å². The third kappa shape index (κ3) is 10.4. The Kier molecular flexibility index (Phi) is 16.1. The van der Waals surface area contributed by atoms with Crippen molar-refractivity contribution in [3.05, 3.63) is 29.8 Å². The average Bonchev–Trinajstić information content (AvgIpc) is 2.60. The van der Waals surface area contributed by atoms with E-state index in [1.54, 1.807) is 0 Å². The Hall–Kier alpha value is -0.720. The van der Waals surface area contributed by atoms with E-state index >= 15 is 0 Å². The van der Waals surface area contributed by atoms with Gasteiger partial charge in [0, 0.05) is 51.4 Å². The highest BCUT2D eigenvalue weighted by Crippen LogP contribution is 2.12. The first-order chi connectivity index (χ1) is 11.6. The summed E-state index contributed by atoms with van der Waals surface area (Å²) in [6.07, 6.45) is 1.20. The molecule has 0 aromatic heterocycles. The fraction of sp³-hybridized carbons (Fsp3) is 0.632. The molecule has 5 nitrogen and oxygen atoms in total. The number of amides is 1. The van der Waals surface area contributed by atoms with E-state index in [9.17, 15) is 4.79 Å². The van der Waals surface area contributed by atoms with Gasteiger partial charge >= 0.3 is 0 Å².